The molecule has 1 aliphatic heterocycles. The predicted octanol–water partition coefficient (Wildman–Crippen LogP) is 3.43. The van der Waals surface area contributed by atoms with Crippen LogP contribution in [0, 0.1) is 5.92 Å². The van der Waals surface area contributed by atoms with E-state index in [0.29, 0.717) is 6.54 Å². The maximum Gasteiger partial charge on any atom is 0.223 e. The fourth-order valence-electron chi connectivity index (χ4n) is 3.83. The van der Waals surface area contributed by atoms with Crippen molar-refractivity contribution in [2.24, 2.45) is 5.92 Å². The van der Waals surface area contributed by atoms with E-state index in [9.17, 15) is 4.79 Å². The van der Waals surface area contributed by atoms with E-state index in [0.717, 1.165) is 51.1 Å². The highest BCUT2D eigenvalue weighted by atomic mass is 32.2. The Bertz CT molecular complexity index is 799. The quantitative estimate of drug-likeness (QED) is 0.776. The molecule has 5 nitrogen and oxygen atoms in total. The van der Waals surface area contributed by atoms with Crippen LogP contribution in [0.4, 0.5) is 0 Å². The van der Waals surface area contributed by atoms with Crippen molar-refractivity contribution >= 4 is 17.7 Å². The Labute approximate surface area is 165 Å². The number of aryl methyl sites for hydroxylation is 1. The van der Waals surface area contributed by atoms with Gasteiger partial charge in [-0.25, -0.2) is 0 Å². The number of thioether (sulfide) groups is 1. The Morgan fingerprint density at radius 1 is 1.26 bits per heavy atom. The van der Waals surface area contributed by atoms with Crippen LogP contribution in [-0.4, -0.2) is 33.4 Å². The zero-order chi connectivity index (χ0) is 18.6. The smallest absolute Gasteiger partial charge is 0.223 e. The van der Waals surface area contributed by atoms with Crippen LogP contribution in [0.1, 0.15) is 42.6 Å². The Kier molecular flexibility index (Phi) is 5.83. The van der Waals surface area contributed by atoms with Gasteiger partial charge in [0.2, 0.25) is 5.91 Å². The van der Waals surface area contributed by atoms with Gasteiger partial charge in [0.1, 0.15) is 0 Å². The highest BCUT2D eigenvalue weighted by molar-refractivity contribution is 7.98. The van der Waals surface area contributed by atoms with Gasteiger partial charge in [-0.15, -0.1) is 11.8 Å². The average Bonchev–Trinajstić information content (AvgIpc) is 2.91. The van der Waals surface area contributed by atoms with Gasteiger partial charge in [-0.05, 0) is 49.3 Å². The Morgan fingerprint density at radius 2 is 2.15 bits per heavy atom. The van der Waals surface area contributed by atoms with Crippen LogP contribution in [0.2, 0.25) is 0 Å². The first-order valence-corrected chi connectivity index (χ1v) is 11.1. The second kappa shape index (κ2) is 8.48. The molecule has 2 heterocycles. The van der Waals surface area contributed by atoms with Crippen LogP contribution in [0.25, 0.3) is 0 Å². The number of nitrogens with zero attached hydrogens (tertiary/aromatic N) is 3. The third-order valence-corrected chi connectivity index (χ3v) is 6.33. The lowest BCUT2D eigenvalue weighted by Gasteiger charge is -2.23. The van der Waals surface area contributed by atoms with Gasteiger partial charge in [-0.3, -0.25) is 14.4 Å². The third-order valence-electron chi connectivity index (χ3n) is 5.60. The minimum Gasteiger partial charge on any atom is -0.350 e. The maximum absolute atomic E-state index is 12.0. The second-order valence-electron chi connectivity index (χ2n) is 7.61. The Morgan fingerprint density at radius 3 is 2.93 bits per heavy atom. The number of aromatic nitrogens is 2. The molecule has 0 atom stereocenters. The van der Waals surface area contributed by atoms with E-state index in [1.54, 1.807) is 11.8 Å². The van der Waals surface area contributed by atoms with Gasteiger partial charge in [0.25, 0.3) is 0 Å². The molecule has 27 heavy (non-hydrogen) atoms. The summed E-state index contributed by atoms with van der Waals surface area (Å²) in [5.41, 5.74) is 3.59. The van der Waals surface area contributed by atoms with Crippen LogP contribution in [0.15, 0.2) is 35.2 Å². The molecule has 1 N–H and O–H groups in total. The molecule has 2 aliphatic rings. The lowest BCUT2D eigenvalue weighted by Crippen LogP contribution is -2.34. The van der Waals surface area contributed by atoms with E-state index in [4.69, 9.17) is 5.10 Å². The molecule has 0 unspecified atom stereocenters. The number of hydrogen-bond acceptors (Lipinski definition) is 4. The summed E-state index contributed by atoms with van der Waals surface area (Å²) in [5.74, 6) is 0.428. The van der Waals surface area contributed by atoms with Gasteiger partial charge in [-0.2, -0.15) is 5.10 Å². The SMILES string of the molecule is CSc1cccc(CN2CCCn3nc(CNC(=O)C4CCC4)cc3C2)c1. The summed E-state index contributed by atoms with van der Waals surface area (Å²) in [6, 6.07) is 11.0. The molecule has 0 saturated heterocycles. The summed E-state index contributed by atoms with van der Waals surface area (Å²) in [4.78, 5) is 15.9. The number of rotatable bonds is 6. The summed E-state index contributed by atoms with van der Waals surface area (Å²) >= 11 is 1.79. The first-order valence-electron chi connectivity index (χ1n) is 9.90. The minimum absolute atomic E-state index is 0.194. The first kappa shape index (κ1) is 18.6. The predicted molar refractivity (Wildman–Crippen MR) is 108 cm³/mol. The Balaban J connectivity index is 1.37. The number of carbonyl (C=O) groups excluding carboxylic acids is 1. The molecule has 144 valence electrons. The number of hydrogen-bond donors (Lipinski definition) is 1. The number of amides is 1. The van der Waals surface area contributed by atoms with Crippen LogP contribution >= 0.6 is 11.8 Å². The van der Waals surface area contributed by atoms with Crippen molar-refractivity contribution < 1.29 is 4.79 Å². The van der Waals surface area contributed by atoms with Crippen molar-refractivity contribution in [1.82, 2.24) is 20.0 Å². The zero-order valence-corrected chi connectivity index (χ0v) is 16.8. The van der Waals surface area contributed by atoms with E-state index < -0.39 is 0 Å². The lowest BCUT2D eigenvalue weighted by atomic mass is 9.85. The number of benzene rings is 1. The van der Waals surface area contributed by atoms with Gasteiger partial charge in [0, 0.05) is 37.0 Å². The average molecular weight is 385 g/mol. The van der Waals surface area contributed by atoms with Gasteiger partial charge >= 0.3 is 0 Å². The van der Waals surface area contributed by atoms with Crippen LogP contribution in [-0.2, 0) is 31.0 Å². The standard InChI is InChI=1S/C21H28N4OS/c1-27-20-8-2-5-16(11-20)14-24-9-4-10-25-19(15-24)12-18(23-25)13-22-21(26)17-6-3-7-17/h2,5,8,11-12,17H,3-4,6-7,9-10,13-15H2,1H3,(H,22,26). The Hall–Kier alpha value is -1.79. The van der Waals surface area contributed by atoms with Crippen molar-refractivity contribution in [2.75, 3.05) is 12.8 Å². The molecule has 1 amide bonds. The molecule has 0 bridgehead atoms. The molecule has 1 saturated carbocycles. The third kappa shape index (κ3) is 4.55. The summed E-state index contributed by atoms with van der Waals surface area (Å²) in [5, 5.41) is 7.79. The molecule has 4 rings (SSSR count). The molecule has 0 spiro atoms. The van der Waals surface area contributed by atoms with E-state index in [1.165, 1.54) is 22.6 Å². The van der Waals surface area contributed by atoms with Gasteiger partial charge in [-0.1, -0.05) is 18.6 Å². The van der Waals surface area contributed by atoms with Crippen LogP contribution in [0.3, 0.4) is 0 Å². The molecule has 1 fully saturated rings. The summed E-state index contributed by atoms with van der Waals surface area (Å²) in [6.45, 7) is 4.46. The summed E-state index contributed by atoms with van der Waals surface area (Å²) in [7, 11) is 0. The van der Waals surface area contributed by atoms with Crippen LogP contribution < -0.4 is 5.32 Å². The number of carbonyl (C=O) groups is 1. The van der Waals surface area contributed by atoms with Crippen molar-refractivity contribution in [3.05, 3.63) is 47.3 Å². The molecule has 1 aromatic heterocycles. The van der Waals surface area contributed by atoms with Crippen LogP contribution in [0.5, 0.6) is 0 Å². The number of nitrogens with one attached hydrogen (secondary N) is 1. The van der Waals surface area contributed by atoms with E-state index in [2.05, 4.69) is 51.5 Å². The van der Waals surface area contributed by atoms with E-state index in [-0.39, 0.29) is 11.8 Å². The maximum atomic E-state index is 12.0. The lowest BCUT2D eigenvalue weighted by molar-refractivity contribution is -0.127. The molecular formula is C21H28N4OS. The van der Waals surface area contributed by atoms with Crippen molar-refractivity contribution in [2.45, 2.75) is 56.8 Å². The highest BCUT2D eigenvalue weighted by Crippen LogP contribution is 2.26. The highest BCUT2D eigenvalue weighted by Gasteiger charge is 2.25. The molecule has 0 radical (unpaired) electrons. The summed E-state index contributed by atoms with van der Waals surface area (Å²) in [6.07, 6.45) is 6.49. The first-order chi connectivity index (χ1) is 13.2. The van der Waals surface area contributed by atoms with E-state index in [1.807, 2.05) is 0 Å². The van der Waals surface area contributed by atoms with Gasteiger partial charge < -0.3 is 5.32 Å². The van der Waals surface area contributed by atoms with Crippen molar-refractivity contribution in [1.29, 1.82) is 0 Å². The molecule has 6 heteroatoms. The minimum atomic E-state index is 0.194. The molecule has 1 aliphatic carbocycles. The van der Waals surface area contributed by atoms with Crippen molar-refractivity contribution in [3.8, 4) is 0 Å². The normalized spacial score (nSPS) is 17.8. The largest absolute Gasteiger partial charge is 0.350 e. The monoisotopic (exact) mass is 384 g/mol. The second-order valence-corrected chi connectivity index (χ2v) is 8.49. The van der Waals surface area contributed by atoms with Gasteiger partial charge in [0.15, 0.2) is 0 Å². The molecule has 1 aromatic carbocycles. The van der Waals surface area contributed by atoms with E-state index >= 15 is 0 Å². The fraction of sp³-hybridized carbons (Fsp3) is 0.524. The fourth-order valence-corrected chi connectivity index (χ4v) is 4.31. The molecular weight excluding hydrogens is 356 g/mol. The number of fused-ring (bicyclic) bond motifs is 1. The zero-order valence-electron chi connectivity index (χ0n) is 16.0. The topological polar surface area (TPSA) is 50.2 Å². The van der Waals surface area contributed by atoms with Gasteiger partial charge in [0.05, 0.1) is 17.9 Å². The summed E-state index contributed by atoms with van der Waals surface area (Å²) < 4.78 is 2.13. The van der Waals surface area contributed by atoms with Crippen molar-refractivity contribution in [3.63, 3.8) is 0 Å². The molecule has 2 aromatic rings.